The smallest absolute Gasteiger partial charge is 0.214 e. The average Bonchev–Trinajstić information content (AvgIpc) is 3.87. The largest absolute Gasteiger partial charge is 0.507 e. The average molecular weight is 793 g/mol. The van der Waals surface area contributed by atoms with Gasteiger partial charge in [-0.1, -0.05) is 92.2 Å². The Morgan fingerprint density at radius 2 is 1.04 bits per heavy atom. The first kappa shape index (κ1) is 42.1. The molecule has 0 radical (unpaired) electrons. The van der Waals surface area contributed by atoms with Crippen LogP contribution in [0, 0.1) is 0 Å². The predicted molar refractivity (Wildman–Crippen MR) is 239 cm³/mol. The van der Waals surface area contributed by atoms with E-state index in [1.165, 1.54) is 86.9 Å². The van der Waals surface area contributed by atoms with Gasteiger partial charge in [0.1, 0.15) is 11.5 Å². The van der Waals surface area contributed by atoms with Gasteiger partial charge in [-0.05, 0) is 94.8 Å². The van der Waals surface area contributed by atoms with Crippen LogP contribution in [0.1, 0.15) is 143 Å². The number of phenolic OH excluding ortho intramolecular Hbond substituents is 2. The molecule has 6 rings (SSSR count). The van der Waals surface area contributed by atoms with E-state index in [1.807, 2.05) is 22.9 Å². The lowest BCUT2D eigenvalue weighted by molar-refractivity contribution is 0.104. The van der Waals surface area contributed by atoms with Crippen molar-refractivity contribution >= 4 is 28.5 Å². The van der Waals surface area contributed by atoms with Crippen LogP contribution in [0.5, 0.6) is 11.5 Å². The van der Waals surface area contributed by atoms with E-state index < -0.39 is 0 Å². The molecule has 4 aromatic rings. The number of nitrogens with zero attached hydrogens (tertiary/aromatic N) is 2. The van der Waals surface area contributed by atoms with Crippen LogP contribution >= 0.6 is 22.7 Å². The lowest BCUT2D eigenvalue weighted by atomic mass is 9.82. The Hall–Kier alpha value is -3.49. The first-order valence-electron chi connectivity index (χ1n) is 20.8. The normalized spacial score (nSPS) is 16.1. The minimum absolute atomic E-state index is 0.00449. The van der Waals surface area contributed by atoms with Gasteiger partial charge in [0.15, 0.2) is 0 Å². The van der Waals surface area contributed by atoms with Gasteiger partial charge in [0.05, 0.1) is 9.75 Å². The van der Waals surface area contributed by atoms with Gasteiger partial charge >= 0.3 is 0 Å². The zero-order chi connectivity index (χ0) is 40.2. The number of carbonyl (C=O) groups is 1. The summed E-state index contributed by atoms with van der Waals surface area (Å²) in [5, 5.41) is 27.6. The Balaban J connectivity index is 1.39. The van der Waals surface area contributed by atoms with Gasteiger partial charge in [0.2, 0.25) is 5.78 Å². The van der Waals surface area contributed by atoms with E-state index in [2.05, 4.69) is 101 Å². The quantitative estimate of drug-likeness (QED) is 0.0983. The minimum atomic E-state index is -0.302. The van der Waals surface area contributed by atoms with Crippen LogP contribution < -0.4 is 0 Å². The van der Waals surface area contributed by atoms with Gasteiger partial charge in [-0.3, -0.25) is 14.6 Å². The Kier molecular flexibility index (Phi) is 13.5. The number of aromatic hydroxyl groups is 2. The van der Waals surface area contributed by atoms with E-state index in [4.69, 9.17) is 0 Å². The fourth-order valence-corrected chi connectivity index (χ4v) is 10.7. The van der Waals surface area contributed by atoms with Crippen LogP contribution in [0.25, 0.3) is 22.3 Å². The second kappa shape index (κ2) is 18.0. The third kappa shape index (κ3) is 9.44. The number of thiophene rings is 2. The summed E-state index contributed by atoms with van der Waals surface area (Å²) < 4.78 is 0. The number of hydrogen-bond acceptors (Lipinski definition) is 7. The van der Waals surface area contributed by atoms with Crippen molar-refractivity contribution in [2.75, 3.05) is 13.1 Å². The van der Waals surface area contributed by atoms with Gasteiger partial charge in [-0.2, -0.15) is 0 Å². The molecule has 2 aliphatic carbocycles. The molecule has 56 heavy (non-hydrogen) atoms. The highest BCUT2D eigenvalue weighted by Crippen LogP contribution is 2.44. The van der Waals surface area contributed by atoms with Crippen molar-refractivity contribution in [1.82, 2.24) is 9.80 Å². The molecule has 0 saturated heterocycles. The van der Waals surface area contributed by atoms with Crippen molar-refractivity contribution in [3.8, 4) is 33.8 Å². The summed E-state index contributed by atoms with van der Waals surface area (Å²) in [5.41, 5.74) is 6.67. The summed E-state index contributed by atoms with van der Waals surface area (Å²) in [5.74, 6) is 0.704. The van der Waals surface area contributed by atoms with Crippen LogP contribution in [-0.2, 0) is 23.9 Å². The van der Waals surface area contributed by atoms with E-state index in [0.29, 0.717) is 46.4 Å². The summed E-state index contributed by atoms with van der Waals surface area (Å²) >= 11 is 2.96. The maximum absolute atomic E-state index is 14.8. The van der Waals surface area contributed by atoms with Crippen molar-refractivity contribution < 1.29 is 15.0 Å². The summed E-state index contributed by atoms with van der Waals surface area (Å²) in [4.78, 5) is 21.2. The molecule has 2 saturated carbocycles. The van der Waals surface area contributed by atoms with E-state index in [-0.39, 0.29) is 16.6 Å². The van der Waals surface area contributed by atoms with Gasteiger partial charge < -0.3 is 10.2 Å². The first-order valence-corrected chi connectivity index (χ1v) is 22.6. The summed E-state index contributed by atoms with van der Waals surface area (Å²) in [6, 6.07) is 13.5. The number of rotatable bonds is 14. The summed E-state index contributed by atoms with van der Waals surface area (Å²) in [7, 11) is 0. The van der Waals surface area contributed by atoms with Crippen molar-refractivity contribution in [1.29, 1.82) is 0 Å². The summed E-state index contributed by atoms with van der Waals surface area (Å²) in [6.45, 7) is 23.8. The van der Waals surface area contributed by atoms with Crippen LogP contribution in [0.2, 0.25) is 0 Å². The Morgan fingerprint density at radius 1 is 0.661 bits per heavy atom. The fraction of sp³-hybridized carbons (Fsp3) is 0.490. The van der Waals surface area contributed by atoms with Crippen LogP contribution in [0.4, 0.5) is 0 Å². The van der Waals surface area contributed by atoms with E-state index >= 15 is 0 Å². The molecule has 0 atom stereocenters. The van der Waals surface area contributed by atoms with E-state index in [0.717, 1.165) is 57.6 Å². The zero-order valence-corrected chi connectivity index (χ0v) is 36.4. The molecule has 2 heterocycles. The van der Waals surface area contributed by atoms with Gasteiger partial charge in [0.25, 0.3) is 0 Å². The molecule has 2 N–H and O–H groups in total. The lowest BCUT2D eigenvalue weighted by Crippen LogP contribution is -2.36. The van der Waals surface area contributed by atoms with Crippen molar-refractivity contribution in [2.24, 2.45) is 0 Å². The van der Waals surface area contributed by atoms with Crippen molar-refractivity contribution in [2.45, 2.75) is 142 Å². The Bertz CT molecular complexity index is 1850. The highest BCUT2D eigenvalue weighted by Gasteiger charge is 2.30. The minimum Gasteiger partial charge on any atom is -0.507 e. The highest BCUT2D eigenvalue weighted by atomic mass is 32.1. The number of carbonyl (C=O) groups excluding carboxylic acids is 1. The van der Waals surface area contributed by atoms with E-state index in [1.54, 1.807) is 0 Å². The second-order valence-corrected chi connectivity index (χ2v) is 20.1. The second-order valence-electron chi connectivity index (χ2n) is 18.2. The van der Waals surface area contributed by atoms with Crippen LogP contribution in [-0.4, -0.2) is 51.0 Å². The molecule has 0 spiro atoms. The predicted octanol–water partition coefficient (Wildman–Crippen LogP) is 13.0. The molecule has 2 aliphatic rings. The standard InChI is InChI=1S/C49H64N2O3S2/c1-9-23-50(37-17-13-11-14-18-37)31-35-27-33(29-41(43(35)52)48(3,4)5)39-21-25-55-46(39)45(54)47-40(22-26-56-47)34-28-36(44(53)42(30-34)49(6,7)8)32-51(24-10-2)38-19-15-12-16-20-38/h9-10,21-22,25-30,37-38,52-53H,1-2,11-20,23-24,31-32H2,3-8H3. The third-order valence-corrected chi connectivity index (χ3v) is 13.8. The highest BCUT2D eigenvalue weighted by molar-refractivity contribution is 7.16. The van der Waals surface area contributed by atoms with Gasteiger partial charge in [-0.15, -0.1) is 35.8 Å². The molecule has 2 fully saturated rings. The molecular weight excluding hydrogens is 729 g/mol. The Labute approximate surface area is 344 Å². The lowest BCUT2D eigenvalue weighted by Gasteiger charge is -2.34. The Morgan fingerprint density at radius 3 is 1.38 bits per heavy atom. The molecule has 0 bridgehead atoms. The first-order chi connectivity index (χ1) is 26.7. The molecule has 5 nitrogen and oxygen atoms in total. The molecule has 7 heteroatoms. The molecule has 0 amide bonds. The maximum Gasteiger partial charge on any atom is 0.214 e. The molecule has 2 aromatic carbocycles. The number of ketones is 1. The van der Waals surface area contributed by atoms with Crippen LogP contribution in [0.15, 0.2) is 72.5 Å². The van der Waals surface area contributed by atoms with Crippen molar-refractivity contribution in [3.63, 3.8) is 0 Å². The zero-order valence-electron chi connectivity index (χ0n) is 34.8. The number of phenols is 2. The molecule has 2 aromatic heterocycles. The van der Waals surface area contributed by atoms with Crippen LogP contribution in [0.3, 0.4) is 0 Å². The molecule has 0 aliphatic heterocycles. The van der Waals surface area contributed by atoms with E-state index in [9.17, 15) is 15.0 Å². The number of benzene rings is 2. The van der Waals surface area contributed by atoms with Crippen molar-refractivity contribution in [3.05, 3.63) is 104 Å². The number of hydrogen-bond donors (Lipinski definition) is 2. The maximum atomic E-state index is 14.8. The monoisotopic (exact) mass is 792 g/mol. The topological polar surface area (TPSA) is 64.0 Å². The molecule has 300 valence electrons. The summed E-state index contributed by atoms with van der Waals surface area (Å²) in [6.07, 6.45) is 16.1. The third-order valence-electron chi connectivity index (χ3n) is 12.0. The molecule has 0 unspecified atom stereocenters. The molecular formula is C49H64N2O3S2. The SMILES string of the molecule is C=CCN(Cc1cc(-c2ccsc2C(=O)c2sccc2-c2cc(CN(CC=C)C3CCCCC3)c(O)c(C(C)(C)C)c2)cc(C(C)(C)C)c1O)C1CCCCC1. The van der Waals surface area contributed by atoms with Gasteiger partial charge in [-0.25, -0.2) is 0 Å². The fourth-order valence-electron chi connectivity index (χ4n) is 8.96. The van der Waals surface area contributed by atoms with Gasteiger partial charge in [0, 0.05) is 71.6 Å².